The average molecular weight is 445 g/mol. The molecule has 2 amide bonds. The van der Waals surface area contributed by atoms with Crippen LogP contribution >= 0.6 is 0 Å². The largest absolute Gasteiger partial charge is 0.396 e. The zero-order valence-electron chi connectivity index (χ0n) is 20.1. The van der Waals surface area contributed by atoms with Crippen LogP contribution in [0.15, 0.2) is 0 Å². The van der Waals surface area contributed by atoms with Crippen molar-refractivity contribution < 1.29 is 14.7 Å². The van der Waals surface area contributed by atoms with Gasteiger partial charge in [-0.25, -0.2) is 0 Å². The fraction of sp³-hybridized carbons (Fsp3) is 0.926. The van der Waals surface area contributed by atoms with Crippen molar-refractivity contribution in [2.75, 3.05) is 32.8 Å². The number of hydrogen-bond acceptors (Lipinski definition) is 3. The first-order valence-electron chi connectivity index (χ1n) is 13.7. The number of carbonyl (C=O) groups is 2. The second-order valence-corrected chi connectivity index (χ2v) is 12.1. The zero-order valence-corrected chi connectivity index (χ0v) is 20.1. The van der Waals surface area contributed by atoms with E-state index < -0.39 is 0 Å². The molecule has 5 nitrogen and oxygen atoms in total. The highest BCUT2D eigenvalue weighted by molar-refractivity contribution is 5.85. The van der Waals surface area contributed by atoms with Crippen molar-refractivity contribution in [3.8, 4) is 0 Å². The Labute approximate surface area is 194 Å². The molecule has 1 saturated heterocycles. The van der Waals surface area contributed by atoms with Gasteiger partial charge in [0.25, 0.3) is 0 Å². The molecule has 4 saturated carbocycles. The Morgan fingerprint density at radius 2 is 1.41 bits per heavy atom. The van der Waals surface area contributed by atoms with Gasteiger partial charge in [-0.2, -0.15) is 0 Å². The summed E-state index contributed by atoms with van der Waals surface area (Å²) in [6.07, 6.45) is 14.5. The van der Waals surface area contributed by atoms with Crippen LogP contribution in [0.5, 0.6) is 0 Å². The number of piperazine rings is 1. The quantitative estimate of drug-likeness (QED) is 0.695. The smallest absolute Gasteiger partial charge is 0.228 e. The third kappa shape index (κ3) is 4.48. The Kier molecular flexibility index (Phi) is 6.57. The van der Waals surface area contributed by atoms with Gasteiger partial charge < -0.3 is 14.9 Å². The van der Waals surface area contributed by atoms with E-state index in [-0.39, 0.29) is 11.3 Å². The van der Waals surface area contributed by atoms with Gasteiger partial charge in [0.15, 0.2) is 0 Å². The van der Waals surface area contributed by atoms with Gasteiger partial charge in [-0.15, -0.1) is 0 Å². The van der Waals surface area contributed by atoms with E-state index >= 15 is 0 Å². The summed E-state index contributed by atoms with van der Waals surface area (Å²) in [5.74, 6) is 5.08. The van der Waals surface area contributed by atoms with Crippen LogP contribution in [0.3, 0.4) is 0 Å². The summed E-state index contributed by atoms with van der Waals surface area (Å²) >= 11 is 0. The Morgan fingerprint density at radius 1 is 0.812 bits per heavy atom. The minimum Gasteiger partial charge on any atom is -0.396 e. The lowest BCUT2D eigenvalue weighted by Crippen LogP contribution is -2.53. The maximum atomic E-state index is 13.2. The SMILES string of the molecule is CC1(C(=O)N2CCN(C(=O)C3CCC(C4CCC5CCC(CCO)C5C4)CC3)CC2)CC1. The first-order chi connectivity index (χ1) is 15.5. The number of rotatable bonds is 5. The van der Waals surface area contributed by atoms with Crippen LogP contribution in [0.4, 0.5) is 0 Å². The van der Waals surface area contributed by atoms with Crippen LogP contribution in [0, 0.1) is 40.9 Å². The summed E-state index contributed by atoms with van der Waals surface area (Å²) in [5, 5.41) is 9.44. The number of amides is 2. The van der Waals surface area contributed by atoms with E-state index in [0.717, 1.165) is 87.9 Å². The maximum absolute atomic E-state index is 13.2. The summed E-state index contributed by atoms with van der Waals surface area (Å²) in [6, 6.07) is 0. The van der Waals surface area contributed by atoms with Crippen molar-refractivity contribution in [2.24, 2.45) is 40.9 Å². The first kappa shape index (κ1) is 22.7. The molecule has 180 valence electrons. The summed E-state index contributed by atoms with van der Waals surface area (Å²) in [7, 11) is 0. The lowest BCUT2D eigenvalue weighted by Gasteiger charge is -2.42. The van der Waals surface area contributed by atoms with E-state index in [1.807, 2.05) is 9.80 Å². The third-order valence-corrected chi connectivity index (χ3v) is 10.3. The second-order valence-electron chi connectivity index (χ2n) is 12.1. The topological polar surface area (TPSA) is 60.9 Å². The summed E-state index contributed by atoms with van der Waals surface area (Å²) < 4.78 is 0. The molecule has 1 N–H and O–H groups in total. The Balaban J connectivity index is 1.07. The Hall–Kier alpha value is -1.10. The van der Waals surface area contributed by atoms with Crippen LogP contribution in [-0.4, -0.2) is 59.5 Å². The fourth-order valence-corrected chi connectivity index (χ4v) is 7.84. The maximum Gasteiger partial charge on any atom is 0.228 e. The van der Waals surface area contributed by atoms with Crippen LogP contribution < -0.4 is 0 Å². The molecule has 0 radical (unpaired) electrons. The van der Waals surface area contributed by atoms with Crippen molar-refractivity contribution in [2.45, 2.75) is 84.0 Å². The van der Waals surface area contributed by atoms with Crippen molar-refractivity contribution in [3.63, 3.8) is 0 Å². The molecule has 0 bridgehead atoms. The zero-order chi connectivity index (χ0) is 22.3. The molecular formula is C27H44N2O3. The highest BCUT2D eigenvalue weighted by Crippen LogP contribution is 2.52. The third-order valence-electron chi connectivity index (χ3n) is 10.3. The molecule has 1 heterocycles. The molecule has 1 aliphatic heterocycles. The molecule has 0 aromatic rings. The number of fused-ring (bicyclic) bond motifs is 1. The first-order valence-corrected chi connectivity index (χ1v) is 13.7. The molecule has 4 unspecified atom stereocenters. The molecular weight excluding hydrogens is 400 g/mol. The highest BCUT2D eigenvalue weighted by atomic mass is 16.3. The number of aliphatic hydroxyl groups is 1. The Bertz CT molecular complexity index is 689. The fourth-order valence-electron chi connectivity index (χ4n) is 7.84. The van der Waals surface area contributed by atoms with Crippen LogP contribution in [-0.2, 0) is 9.59 Å². The van der Waals surface area contributed by atoms with Gasteiger partial charge in [-0.05, 0) is 107 Å². The molecule has 0 aromatic heterocycles. The Morgan fingerprint density at radius 3 is 2.06 bits per heavy atom. The van der Waals surface area contributed by atoms with Gasteiger partial charge in [-0.1, -0.05) is 6.92 Å². The molecule has 5 heteroatoms. The van der Waals surface area contributed by atoms with Crippen LogP contribution in [0.1, 0.15) is 84.0 Å². The van der Waals surface area contributed by atoms with Gasteiger partial charge in [-0.3, -0.25) is 9.59 Å². The molecule has 32 heavy (non-hydrogen) atoms. The van der Waals surface area contributed by atoms with Crippen molar-refractivity contribution in [1.82, 2.24) is 9.80 Å². The van der Waals surface area contributed by atoms with Crippen LogP contribution in [0.2, 0.25) is 0 Å². The predicted octanol–water partition coefficient (Wildman–Crippen LogP) is 4.09. The van der Waals surface area contributed by atoms with Gasteiger partial charge in [0.2, 0.25) is 11.8 Å². The van der Waals surface area contributed by atoms with Crippen molar-refractivity contribution in [3.05, 3.63) is 0 Å². The number of aliphatic hydroxyl groups excluding tert-OH is 1. The lowest BCUT2D eigenvalue weighted by atomic mass is 9.65. The standard InChI is InChI=1S/C27H44N2O3/c1-27(11-12-27)26(32)29-15-13-28(14-16-29)25(31)22-7-2-19(3-8-22)23-9-6-20-4-5-21(10-17-30)24(20)18-23/h19-24,30H,2-18H2,1H3. The predicted molar refractivity (Wildman–Crippen MR) is 125 cm³/mol. The van der Waals surface area contributed by atoms with E-state index in [1.54, 1.807) is 0 Å². The second kappa shape index (κ2) is 9.27. The molecule has 4 atom stereocenters. The molecule has 0 aromatic carbocycles. The van der Waals surface area contributed by atoms with Crippen molar-refractivity contribution >= 4 is 11.8 Å². The van der Waals surface area contributed by atoms with E-state index in [9.17, 15) is 14.7 Å². The van der Waals surface area contributed by atoms with Crippen molar-refractivity contribution in [1.29, 1.82) is 0 Å². The van der Waals surface area contributed by atoms with E-state index in [4.69, 9.17) is 0 Å². The van der Waals surface area contributed by atoms with E-state index in [2.05, 4.69) is 6.92 Å². The molecule has 5 aliphatic rings. The van der Waals surface area contributed by atoms with Gasteiger partial charge in [0, 0.05) is 44.1 Å². The number of carbonyl (C=O) groups excluding carboxylic acids is 2. The molecule has 0 spiro atoms. The summed E-state index contributed by atoms with van der Waals surface area (Å²) in [6.45, 7) is 5.31. The lowest BCUT2D eigenvalue weighted by molar-refractivity contribution is -0.145. The van der Waals surface area contributed by atoms with E-state index in [0.29, 0.717) is 18.4 Å². The summed E-state index contributed by atoms with van der Waals surface area (Å²) in [5.41, 5.74) is -0.0969. The minimum absolute atomic E-state index is 0.0969. The molecule has 5 rings (SSSR count). The normalized spacial score (nSPS) is 38.9. The highest BCUT2D eigenvalue weighted by Gasteiger charge is 2.48. The minimum atomic E-state index is -0.0969. The van der Waals surface area contributed by atoms with Gasteiger partial charge in [0.1, 0.15) is 0 Å². The summed E-state index contributed by atoms with van der Waals surface area (Å²) in [4.78, 5) is 29.8. The van der Waals surface area contributed by atoms with Gasteiger partial charge >= 0.3 is 0 Å². The molecule has 4 aliphatic carbocycles. The van der Waals surface area contributed by atoms with E-state index in [1.165, 1.54) is 44.9 Å². The number of hydrogen-bond donors (Lipinski definition) is 1. The monoisotopic (exact) mass is 444 g/mol. The molecule has 5 fully saturated rings. The average Bonchev–Trinajstić information content (AvgIpc) is 3.47. The van der Waals surface area contributed by atoms with Gasteiger partial charge in [0.05, 0.1) is 0 Å². The van der Waals surface area contributed by atoms with Crippen LogP contribution in [0.25, 0.3) is 0 Å². The number of nitrogens with zero attached hydrogens (tertiary/aromatic N) is 2.